The number of ketones is 1. The zero-order valence-corrected chi connectivity index (χ0v) is 17.6. The van der Waals surface area contributed by atoms with Gasteiger partial charge in [-0.15, -0.1) is 0 Å². The summed E-state index contributed by atoms with van der Waals surface area (Å²) in [5.41, 5.74) is 3.47. The summed E-state index contributed by atoms with van der Waals surface area (Å²) in [6, 6.07) is 21.9. The molecule has 5 nitrogen and oxygen atoms in total. The van der Waals surface area contributed by atoms with Crippen LogP contribution >= 0.6 is 0 Å². The standard InChI is InChI=1S/C26H23NO4/c1-16-13-17(2)15-20(14-16)30-18(3)26(29)27-23-21-11-7-8-12-22(21)31-25(23)24(28)19-9-5-4-6-10-19/h4-15,18H,1-3H3,(H,27,29)/t18-/m1/s1. The van der Waals surface area contributed by atoms with Crippen LogP contribution in [0.15, 0.2) is 77.2 Å². The first-order valence-corrected chi connectivity index (χ1v) is 10.1. The average Bonchev–Trinajstić information content (AvgIpc) is 3.11. The van der Waals surface area contributed by atoms with Crippen molar-refractivity contribution in [2.45, 2.75) is 26.9 Å². The number of ether oxygens (including phenoxy) is 1. The summed E-state index contributed by atoms with van der Waals surface area (Å²) in [6.07, 6.45) is -0.769. The normalized spacial score (nSPS) is 11.8. The topological polar surface area (TPSA) is 68.5 Å². The van der Waals surface area contributed by atoms with Gasteiger partial charge in [-0.25, -0.2) is 0 Å². The van der Waals surface area contributed by atoms with Gasteiger partial charge in [-0.3, -0.25) is 9.59 Å². The average molecular weight is 413 g/mol. The van der Waals surface area contributed by atoms with Crippen LogP contribution in [0.2, 0.25) is 0 Å². The Kier molecular flexibility index (Phi) is 5.58. The van der Waals surface area contributed by atoms with Crippen LogP contribution in [-0.2, 0) is 4.79 Å². The van der Waals surface area contributed by atoms with Crippen LogP contribution in [0.5, 0.6) is 5.75 Å². The minimum Gasteiger partial charge on any atom is -0.481 e. The number of hydrogen-bond donors (Lipinski definition) is 1. The first-order chi connectivity index (χ1) is 14.9. The van der Waals surface area contributed by atoms with Gasteiger partial charge in [0.25, 0.3) is 5.91 Å². The molecule has 0 aliphatic rings. The van der Waals surface area contributed by atoms with Crippen LogP contribution in [0.25, 0.3) is 11.0 Å². The maximum atomic E-state index is 13.1. The number of furan rings is 1. The maximum absolute atomic E-state index is 13.1. The van der Waals surface area contributed by atoms with Gasteiger partial charge in [0, 0.05) is 10.9 Å². The Morgan fingerprint density at radius 3 is 2.26 bits per heavy atom. The van der Waals surface area contributed by atoms with Crippen molar-refractivity contribution in [2.75, 3.05) is 5.32 Å². The molecular formula is C26H23NO4. The van der Waals surface area contributed by atoms with Gasteiger partial charge in [0.05, 0.1) is 5.69 Å². The molecule has 0 unspecified atom stereocenters. The number of nitrogens with one attached hydrogen (secondary N) is 1. The van der Waals surface area contributed by atoms with Crippen molar-refractivity contribution in [1.29, 1.82) is 0 Å². The number of rotatable bonds is 6. The zero-order chi connectivity index (χ0) is 22.0. The molecule has 0 spiro atoms. The minimum absolute atomic E-state index is 0.0966. The third-order valence-corrected chi connectivity index (χ3v) is 4.96. The molecule has 0 aliphatic carbocycles. The number of para-hydroxylation sites is 1. The van der Waals surface area contributed by atoms with Crippen LogP contribution in [0.4, 0.5) is 5.69 Å². The fraction of sp³-hybridized carbons (Fsp3) is 0.154. The van der Waals surface area contributed by atoms with E-state index in [-0.39, 0.29) is 17.5 Å². The SMILES string of the molecule is Cc1cc(C)cc(O[C@H](C)C(=O)Nc2c(C(=O)c3ccccc3)oc3ccccc23)c1. The van der Waals surface area contributed by atoms with Gasteiger partial charge in [0.15, 0.2) is 11.9 Å². The summed E-state index contributed by atoms with van der Waals surface area (Å²) in [4.78, 5) is 26.0. The highest BCUT2D eigenvalue weighted by molar-refractivity contribution is 6.17. The second-order valence-electron chi connectivity index (χ2n) is 7.57. The second-order valence-corrected chi connectivity index (χ2v) is 7.57. The Labute approximate surface area is 180 Å². The first-order valence-electron chi connectivity index (χ1n) is 10.1. The highest BCUT2D eigenvalue weighted by atomic mass is 16.5. The van der Waals surface area contributed by atoms with E-state index in [9.17, 15) is 9.59 Å². The van der Waals surface area contributed by atoms with Gasteiger partial charge in [0.1, 0.15) is 11.3 Å². The lowest BCUT2D eigenvalue weighted by atomic mass is 10.1. The van der Waals surface area contributed by atoms with Crippen molar-refractivity contribution in [3.8, 4) is 5.75 Å². The smallest absolute Gasteiger partial charge is 0.265 e. The van der Waals surface area contributed by atoms with Crippen molar-refractivity contribution >= 4 is 28.3 Å². The van der Waals surface area contributed by atoms with Gasteiger partial charge >= 0.3 is 0 Å². The van der Waals surface area contributed by atoms with Crippen molar-refractivity contribution in [2.24, 2.45) is 0 Å². The van der Waals surface area contributed by atoms with Crippen molar-refractivity contribution < 1.29 is 18.7 Å². The Balaban J connectivity index is 1.64. The van der Waals surface area contributed by atoms with E-state index in [0.29, 0.717) is 28.0 Å². The lowest BCUT2D eigenvalue weighted by Gasteiger charge is -2.16. The number of carbonyl (C=O) groups excluding carboxylic acids is 2. The molecule has 4 rings (SSSR count). The van der Waals surface area contributed by atoms with Gasteiger partial charge in [-0.1, -0.05) is 48.5 Å². The van der Waals surface area contributed by atoms with E-state index >= 15 is 0 Å². The van der Waals surface area contributed by atoms with Crippen LogP contribution in [0.1, 0.15) is 34.2 Å². The molecular weight excluding hydrogens is 390 g/mol. The van der Waals surface area contributed by atoms with Gasteiger partial charge in [0.2, 0.25) is 5.78 Å². The molecule has 1 amide bonds. The van der Waals surface area contributed by atoms with Crippen LogP contribution < -0.4 is 10.1 Å². The van der Waals surface area contributed by atoms with E-state index < -0.39 is 6.10 Å². The molecule has 1 atom stereocenters. The largest absolute Gasteiger partial charge is 0.481 e. The highest BCUT2D eigenvalue weighted by Gasteiger charge is 2.25. The number of hydrogen-bond acceptors (Lipinski definition) is 4. The van der Waals surface area contributed by atoms with E-state index in [1.807, 2.05) is 56.3 Å². The molecule has 1 heterocycles. The van der Waals surface area contributed by atoms with Crippen molar-refractivity contribution in [1.82, 2.24) is 0 Å². The van der Waals surface area contributed by atoms with Crippen molar-refractivity contribution in [3.63, 3.8) is 0 Å². The molecule has 0 bridgehead atoms. The monoisotopic (exact) mass is 413 g/mol. The summed E-state index contributed by atoms with van der Waals surface area (Å²) < 4.78 is 11.7. The summed E-state index contributed by atoms with van der Waals surface area (Å²) in [6.45, 7) is 5.63. The predicted molar refractivity (Wildman–Crippen MR) is 121 cm³/mol. The third-order valence-electron chi connectivity index (χ3n) is 4.96. The van der Waals surface area contributed by atoms with Gasteiger partial charge < -0.3 is 14.5 Å². The summed E-state index contributed by atoms with van der Waals surface area (Å²) in [5.74, 6) is 0.0555. The van der Waals surface area contributed by atoms with Gasteiger partial charge in [-0.05, 0) is 56.2 Å². The molecule has 0 saturated heterocycles. The van der Waals surface area contributed by atoms with Crippen LogP contribution in [-0.4, -0.2) is 17.8 Å². The summed E-state index contributed by atoms with van der Waals surface area (Å²) >= 11 is 0. The molecule has 4 aromatic rings. The predicted octanol–water partition coefficient (Wildman–Crippen LogP) is 5.69. The quantitative estimate of drug-likeness (QED) is 0.413. The Bertz CT molecular complexity index is 1240. The Hall–Kier alpha value is -3.86. The minimum atomic E-state index is -0.769. The second kappa shape index (κ2) is 8.48. The molecule has 5 heteroatoms. The first kappa shape index (κ1) is 20.4. The Morgan fingerprint density at radius 2 is 1.55 bits per heavy atom. The fourth-order valence-electron chi connectivity index (χ4n) is 3.53. The maximum Gasteiger partial charge on any atom is 0.265 e. The summed E-state index contributed by atoms with van der Waals surface area (Å²) in [5, 5.41) is 3.52. The molecule has 0 saturated carbocycles. The van der Waals surface area contributed by atoms with Crippen LogP contribution in [0, 0.1) is 13.8 Å². The van der Waals surface area contributed by atoms with Crippen LogP contribution in [0.3, 0.4) is 0 Å². The lowest BCUT2D eigenvalue weighted by molar-refractivity contribution is -0.122. The molecule has 31 heavy (non-hydrogen) atoms. The van der Waals surface area contributed by atoms with E-state index in [0.717, 1.165) is 11.1 Å². The molecule has 0 fully saturated rings. The van der Waals surface area contributed by atoms with E-state index in [2.05, 4.69) is 5.32 Å². The number of fused-ring (bicyclic) bond motifs is 1. The molecule has 0 radical (unpaired) electrons. The number of aryl methyl sites for hydroxylation is 2. The Morgan fingerprint density at radius 1 is 0.903 bits per heavy atom. The number of benzene rings is 3. The molecule has 0 aliphatic heterocycles. The van der Waals surface area contributed by atoms with E-state index in [4.69, 9.17) is 9.15 Å². The lowest BCUT2D eigenvalue weighted by Crippen LogP contribution is -2.30. The van der Waals surface area contributed by atoms with E-state index in [1.165, 1.54) is 0 Å². The molecule has 3 aromatic carbocycles. The number of carbonyl (C=O) groups is 2. The summed E-state index contributed by atoms with van der Waals surface area (Å²) in [7, 11) is 0. The molecule has 1 N–H and O–H groups in total. The van der Waals surface area contributed by atoms with Gasteiger partial charge in [-0.2, -0.15) is 0 Å². The highest BCUT2D eigenvalue weighted by Crippen LogP contribution is 2.32. The number of amides is 1. The number of anilines is 1. The fourth-order valence-corrected chi connectivity index (χ4v) is 3.53. The zero-order valence-electron chi connectivity index (χ0n) is 17.6. The molecule has 1 aromatic heterocycles. The third kappa shape index (κ3) is 4.36. The van der Waals surface area contributed by atoms with Crippen molar-refractivity contribution in [3.05, 3.63) is 95.2 Å². The van der Waals surface area contributed by atoms with E-state index in [1.54, 1.807) is 37.3 Å². The molecule has 156 valence electrons.